The lowest BCUT2D eigenvalue weighted by Gasteiger charge is -2.18. The summed E-state index contributed by atoms with van der Waals surface area (Å²) >= 11 is 0. The summed E-state index contributed by atoms with van der Waals surface area (Å²) in [6.07, 6.45) is 92.1. The number of carbonyl (C=O) groups is 3. The molecule has 476 valence electrons. The molecule has 0 aromatic heterocycles. The first-order chi connectivity index (χ1) is 40.5. The molecule has 1 atom stereocenters. The van der Waals surface area contributed by atoms with Gasteiger partial charge in [0.15, 0.2) is 6.10 Å². The molecule has 0 bridgehead atoms. The smallest absolute Gasteiger partial charge is 0.306 e. The molecule has 0 aromatic carbocycles. The first kappa shape index (κ1) is 78.8. The van der Waals surface area contributed by atoms with Gasteiger partial charge < -0.3 is 14.2 Å². The third-order valence-corrected chi connectivity index (χ3v) is 15.9. The Morgan fingerprint density at radius 2 is 0.476 bits per heavy atom. The Hall–Kier alpha value is -3.15. The van der Waals surface area contributed by atoms with Crippen LogP contribution in [0.1, 0.15) is 374 Å². The van der Waals surface area contributed by atoms with Crippen LogP contribution in [0.5, 0.6) is 0 Å². The number of unbranched alkanes of at least 4 members (excludes halogenated alkanes) is 43. The number of allylic oxidation sites excluding steroid dienone is 12. The minimum Gasteiger partial charge on any atom is -0.462 e. The van der Waals surface area contributed by atoms with Gasteiger partial charge in [-0.25, -0.2) is 0 Å². The van der Waals surface area contributed by atoms with Crippen LogP contribution in [0.2, 0.25) is 0 Å². The van der Waals surface area contributed by atoms with E-state index in [1.165, 1.54) is 244 Å². The summed E-state index contributed by atoms with van der Waals surface area (Å²) < 4.78 is 17.0. The first-order valence-electron chi connectivity index (χ1n) is 35.9. The third kappa shape index (κ3) is 67.6. The van der Waals surface area contributed by atoms with Crippen molar-refractivity contribution in [1.82, 2.24) is 0 Å². The van der Waals surface area contributed by atoms with Crippen molar-refractivity contribution >= 4 is 17.9 Å². The van der Waals surface area contributed by atoms with Gasteiger partial charge in [0.1, 0.15) is 13.2 Å². The van der Waals surface area contributed by atoms with E-state index in [4.69, 9.17) is 14.2 Å². The van der Waals surface area contributed by atoms with E-state index >= 15 is 0 Å². The van der Waals surface area contributed by atoms with Crippen LogP contribution in [-0.2, 0) is 28.6 Å². The Morgan fingerprint density at radius 3 is 0.756 bits per heavy atom. The highest BCUT2D eigenvalue weighted by atomic mass is 16.6. The lowest BCUT2D eigenvalue weighted by atomic mass is 10.0. The molecular weight excluding hydrogens is 1010 g/mol. The van der Waals surface area contributed by atoms with Crippen molar-refractivity contribution in [2.24, 2.45) is 0 Å². The number of hydrogen-bond donors (Lipinski definition) is 0. The second-order valence-electron chi connectivity index (χ2n) is 24.1. The SMILES string of the molecule is CC/C=C\C/C=C\C/C=C\C/C=C\C/C=C\CCCCCCCCCCCCCC(=O)OCC(COC(=O)CCCCCCCCCCCCCCCCCC)OC(=O)CCCCCCCCCCC/C=C\CCCCCCCCCC. The van der Waals surface area contributed by atoms with E-state index in [1.54, 1.807) is 0 Å². The fraction of sp³-hybridized carbons (Fsp3) is 0.803. The Labute approximate surface area is 510 Å². The van der Waals surface area contributed by atoms with E-state index in [-0.39, 0.29) is 31.1 Å². The van der Waals surface area contributed by atoms with E-state index in [0.717, 1.165) is 89.9 Å². The summed E-state index contributed by atoms with van der Waals surface area (Å²) in [6.45, 7) is 6.59. The number of hydrogen-bond acceptors (Lipinski definition) is 6. The van der Waals surface area contributed by atoms with Gasteiger partial charge in [-0.1, -0.05) is 338 Å². The van der Waals surface area contributed by atoms with E-state index < -0.39 is 6.10 Å². The summed E-state index contributed by atoms with van der Waals surface area (Å²) in [4.78, 5) is 38.5. The number of carbonyl (C=O) groups excluding carboxylic acids is 3. The zero-order valence-electron chi connectivity index (χ0n) is 54.8. The van der Waals surface area contributed by atoms with Crippen LogP contribution >= 0.6 is 0 Å². The van der Waals surface area contributed by atoms with Crippen LogP contribution < -0.4 is 0 Å². The summed E-state index contributed by atoms with van der Waals surface area (Å²) in [5.74, 6) is -0.853. The molecule has 0 saturated heterocycles. The van der Waals surface area contributed by atoms with Crippen molar-refractivity contribution in [3.8, 4) is 0 Å². The minimum absolute atomic E-state index is 0.0720. The lowest BCUT2D eigenvalue weighted by Crippen LogP contribution is -2.30. The van der Waals surface area contributed by atoms with E-state index in [0.29, 0.717) is 19.3 Å². The summed E-state index contributed by atoms with van der Waals surface area (Å²) in [5, 5.41) is 0. The normalized spacial score (nSPS) is 12.5. The summed E-state index contributed by atoms with van der Waals surface area (Å²) in [5.41, 5.74) is 0. The molecule has 0 aromatic rings. The maximum Gasteiger partial charge on any atom is 0.306 e. The molecule has 82 heavy (non-hydrogen) atoms. The van der Waals surface area contributed by atoms with Gasteiger partial charge in [-0.15, -0.1) is 0 Å². The zero-order chi connectivity index (χ0) is 59.2. The van der Waals surface area contributed by atoms with Crippen molar-refractivity contribution in [2.75, 3.05) is 13.2 Å². The largest absolute Gasteiger partial charge is 0.462 e. The molecule has 0 N–H and O–H groups in total. The average molecular weight is 1150 g/mol. The Kier molecular flexibility index (Phi) is 67.6. The zero-order valence-corrected chi connectivity index (χ0v) is 54.8. The van der Waals surface area contributed by atoms with Gasteiger partial charge in [-0.3, -0.25) is 14.4 Å². The fourth-order valence-electron chi connectivity index (χ4n) is 10.6. The number of rotatable bonds is 66. The van der Waals surface area contributed by atoms with Gasteiger partial charge in [-0.2, -0.15) is 0 Å². The molecule has 0 aliphatic rings. The first-order valence-corrected chi connectivity index (χ1v) is 35.9. The van der Waals surface area contributed by atoms with Gasteiger partial charge in [0.2, 0.25) is 0 Å². The highest BCUT2D eigenvalue weighted by Crippen LogP contribution is 2.18. The molecular formula is C76H136O6. The van der Waals surface area contributed by atoms with Crippen LogP contribution in [0, 0.1) is 0 Å². The lowest BCUT2D eigenvalue weighted by molar-refractivity contribution is -0.167. The molecule has 0 amide bonds. The van der Waals surface area contributed by atoms with Gasteiger partial charge >= 0.3 is 17.9 Å². The van der Waals surface area contributed by atoms with Crippen LogP contribution in [0.15, 0.2) is 72.9 Å². The third-order valence-electron chi connectivity index (χ3n) is 15.9. The van der Waals surface area contributed by atoms with Crippen LogP contribution in [-0.4, -0.2) is 37.2 Å². The van der Waals surface area contributed by atoms with Crippen molar-refractivity contribution < 1.29 is 28.6 Å². The van der Waals surface area contributed by atoms with E-state index in [1.807, 2.05) is 0 Å². The predicted octanol–water partition coefficient (Wildman–Crippen LogP) is 24.8. The molecule has 0 saturated carbocycles. The summed E-state index contributed by atoms with van der Waals surface area (Å²) in [7, 11) is 0. The second-order valence-corrected chi connectivity index (χ2v) is 24.1. The maximum atomic E-state index is 13.0. The van der Waals surface area contributed by atoms with Gasteiger partial charge in [0.25, 0.3) is 0 Å². The standard InChI is InChI=1S/C76H136O6/c1-4-7-10-13-16-19-22-25-28-31-33-35-36-37-38-39-40-42-43-45-48-51-54-57-60-63-66-69-75(78)81-72-73(71-80-74(77)68-65-62-59-56-53-50-47-30-27-24-21-18-15-12-9-6-3)82-76(79)70-67-64-61-58-55-52-49-46-44-41-34-32-29-26-23-20-17-14-11-8-5-2/h7,10,16,19,25,28,32-35,37-38,73H,4-6,8-9,11-15,17-18,20-24,26-27,29-31,36,39-72H2,1-3H3/b10-7-,19-16-,28-25-,34-32-,35-33-,38-37-. The predicted molar refractivity (Wildman–Crippen MR) is 358 cm³/mol. The van der Waals surface area contributed by atoms with Gasteiger partial charge in [0.05, 0.1) is 0 Å². The van der Waals surface area contributed by atoms with E-state index in [2.05, 4.69) is 93.7 Å². The molecule has 6 nitrogen and oxygen atoms in total. The van der Waals surface area contributed by atoms with Crippen molar-refractivity contribution in [3.63, 3.8) is 0 Å². The number of esters is 3. The quantitative estimate of drug-likeness (QED) is 0.0261. The molecule has 1 unspecified atom stereocenters. The Balaban J connectivity index is 4.31. The topological polar surface area (TPSA) is 78.9 Å². The van der Waals surface area contributed by atoms with Crippen LogP contribution in [0.4, 0.5) is 0 Å². The molecule has 0 aliphatic carbocycles. The molecule has 0 aliphatic heterocycles. The van der Waals surface area contributed by atoms with Gasteiger partial charge in [-0.05, 0) is 89.9 Å². The second kappa shape index (κ2) is 70.3. The highest BCUT2D eigenvalue weighted by Gasteiger charge is 2.19. The van der Waals surface area contributed by atoms with Crippen molar-refractivity contribution in [2.45, 2.75) is 380 Å². The number of ether oxygens (including phenoxy) is 3. The van der Waals surface area contributed by atoms with Crippen LogP contribution in [0.3, 0.4) is 0 Å². The fourth-order valence-corrected chi connectivity index (χ4v) is 10.6. The van der Waals surface area contributed by atoms with E-state index in [9.17, 15) is 14.4 Å². The van der Waals surface area contributed by atoms with Crippen molar-refractivity contribution in [3.05, 3.63) is 72.9 Å². The molecule has 0 fully saturated rings. The van der Waals surface area contributed by atoms with Crippen molar-refractivity contribution in [1.29, 1.82) is 0 Å². The Morgan fingerprint density at radius 1 is 0.256 bits per heavy atom. The monoisotopic (exact) mass is 1150 g/mol. The Bertz CT molecular complexity index is 1500. The summed E-state index contributed by atoms with van der Waals surface area (Å²) in [6, 6.07) is 0. The highest BCUT2D eigenvalue weighted by molar-refractivity contribution is 5.71. The van der Waals surface area contributed by atoms with Crippen LogP contribution in [0.25, 0.3) is 0 Å². The molecule has 0 spiro atoms. The molecule has 0 heterocycles. The average Bonchev–Trinajstić information content (AvgIpc) is 3.47. The van der Waals surface area contributed by atoms with Gasteiger partial charge in [0, 0.05) is 19.3 Å². The molecule has 0 radical (unpaired) electrons. The molecule has 0 rings (SSSR count). The molecule has 6 heteroatoms. The maximum absolute atomic E-state index is 13.0. The minimum atomic E-state index is -0.777.